The minimum absolute atomic E-state index is 0.0902. The SMILES string of the molecule is CC[C@H](C(=O)NC)N(Cc1ccc(C)cc1)C(=O)CCCN(c1ccc2c(c1)OCO2)S(C)(=O)=O. The first-order chi connectivity index (χ1) is 16.6. The van der Waals surface area contributed by atoms with E-state index >= 15 is 0 Å². The molecule has 1 N–H and O–H groups in total. The average Bonchev–Trinajstić information content (AvgIpc) is 3.29. The lowest BCUT2D eigenvalue weighted by atomic mass is 10.1. The van der Waals surface area contributed by atoms with Gasteiger partial charge < -0.3 is 19.7 Å². The highest BCUT2D eigenvalue weighted by atomic mass is 32.2. The first kappa shape index (κ1) is 26.3. The third-order valence-electron chi connectivity index (χ3n) is 5.90. The number of sulfonamides is 1. The number of carbonyl (C=O) groups is 2. The number of carbonyl (C=O) groups excluding carboxylic acids is 2. The van der Waals surface area contributed by atoms with E-state index in [0.29, 0.717) is 30.2 Å². The van der Waals surface area contributed by atoms with Crippen LogP contribution in [0.1, 0.15) is 37.3 Å². The molecule has 0 bridgehead atoms. The highest BCUT2D eigenvalue weighted by Gasteiger charge is 2.28. The molecule has 0 spiro atoms. The number of likely N-dealkylation sites (N-methyl/N-ethyl adjacent to an activating group) is 1. The molecule has 0 aliphatic carbocycles. The fourth-order valence-electron chi connectivity index (χ4n) is 4.02. The topological polar surface area (TPSA) is 105 Å². The van der Waals surface area contributed by atoms with Gasteiger partial charge in [0.2, 0.25) is 28.6 Å². The van der Waals surface area contributed by atoms with Crippen molar-refractivity contribution in [3.8, 4) is 11.5 Å². The Bertz CT molecular complexity index is 1150. The van der Waals surface area contributed by atoms with Gasteiger partial charge in [-0.15, -0.1) is 0 Å². The van der Waals surface area contributed by atoms with Crippen molar-refractivity contribution in [2.24, 2.45) is 0 Å². The molecule has 0 saturated heterocycles. The van der Waals surface area contributed by atoms with Gasteiger partial charge in [-0.25, -0.2) is 8.42 Å². The normalized spacial score (nSPS) is 13.3. The van der Waals surface area contributed by atoms with Gasteiger partial charge in [0.25, 0.3) is 0 Å². The number of amides is 2. The summed E-state index contributed by atoms with van der Waals surface area (Å²) in [6.45, 7) is 4.34. The molecule has 0 radical (unpaired) electrons. The molecule has 2 aromatic rings. The Kier molecular flexibility index (Phi) is 8.61. The van der Waals surface area contributed by atoms with Gasteiger partial charge in [-0.05, 0) is 37.5 Å². The van der Waals surface area contributed by atoms with E-state index in [2.05, 4.69) is 5.32 Å². The number of fused-ring (bicyclic) bond motifs is 1. The van der Waals surface area contributed by atoms with Crippen LogP contribution in [0.25, 0.3) is 0 Å². The number of anilines is 1. The number of benzene rings is 2. The molecule has 1 aliphatic heterocycles. The number of nitrogens with one attached hydrogen (secondary N) is 1. The lowest BCUT2D eigenvalue weighted by Crippen LogP contribution is -2.48. The maximum absolute atomic E-state index is 13.3. The highest BCUT2D eigenvalue weighted by Crippen LogP contribution is 2.36. The second-order valence-corrected chi connectivity index (χ2v) is 10.4. The van der Waals surface area contributed by atoms with Crippen LogP contribution in [0.4, 0.5) is 5.69 Å². The van der Waals surface area contributed by atoms with E-state index < -0.39 is 16.1 Å². The first-order valence-electron chi connectivity index (χ1n) is 11.6. The van der Waals surface area contributed by atoms with Crippen LogP contribution in [0.2, 0.25) is 0 Å². The van der Waals surface area contributed by atoms with Gasteiger partial charge in [0.15, 0.2) is 11.5 Å². The Morgan fingerprint density at radius 2 is 1.77 bits per heavy atom. The second kappa shape index (κ2) is 11.4. The predicted molar refractivity (Wildman–Crippen MR) is 134 cm³/mol. The fraction of sp³-hybridized carbons (Fsp3) is 0.440. The summed E-state index contributed by atoms with van der Waals surface area (Å²) in [5, 5.41) is 2.64. The molecule has 0 aromatic heterocycles. The van der Waals surface area contributed by atoms with Crippen molar-refractivity contribution in [1.29, 1.82) is 0 Å². The monoisotopic (exact) mass is 503 g/mol. The van der Waals surface area contributed by atoms with E-state index in [1.54, 1.807) is 30.1 Å². The number of ether oxygens (including phenoxy) is 2. The molecule has 190 valence electrons. The summed E-state index contributed by atoms with van der Waals surface area (Å²) in [5.41, 5.74) is 2.47. The zero-order valence-corrected chi connectivity index (χ0v) is 21.4. The Morgan fingerprint density at radius 1 is 1.09 bits per heavy atom. The van der Waals surface area contributed by atoms with Crippen LogP contribution in [0.3, 0.4) is 0 Å². The molecule has 2 amide bonds. The van der Waals surface area contributed by atoms with Crippen LogP contribution >= 0.6 is 0 Å². The van der Waals surface area contributed by atoms with Crippen LogP contribution in [-0.2, 0) is 26.2 Å². The zero-order chi connectivity index (χ0) is 25.6. The van der Waals surface area contributed by atoms with E-state index in [-0.39, 0.29) is 38.0 Å². The highest BCUT2D eigenvalue weighted by molar-refractivity contribution is 7.92. The standard InChI is InChI=1S/C25H33N3O6S/c1-5-21(25(30)26-3)27(16-19-10-8-18(2)9-11-19)24(29)7-6-14-28(35(4,31)32)20-12-13-22-23(15-20)34-17-33-22/h8-13,15,21H,5-7,14,16-17H2,1-4H3,(H,26,30)/t21-/m1/s1. The van der Waals surface area contributed by atoms with Crippen LogP contribution in [0.15, 0.2) is 42.5 Å². The second-order valence-electron chi connectivity index (χ2n) is 8.52. The smallest absolute Gasteiger partial charge is 0.242 e. The van der Waals surface area contributed by atoms with E-state index in [1.807, 2.05) is 38.1 Å². The van der Waals surface area contributed by atoms with E-state index in [0.717, 1.165) is 17.4 Å². The van der Waals surface area contributed by atoms with Crippen molar-refractivity contribution in [2.75, 3.05) is 30.9 Å². The minimum Gasteiger partial charge on any atom is -0.454 e. The van der Waals surface area contributed by atoms with Crippen LogP contribution < -0.4 is 19.1 Å². The van der Waals surface area contributed by atoms with Gasteiger partial charge in [-0.1, -0.05) is 36.8 Å². The van der Waals surface area contributed by atoms with Crippen LogP contribution in [-0.4, -0.2) is 57.8 Å². The van der Waals surface area contributed by atoms with Gasteiger partial charge in [-0.2, -0.15) is 0 Å². The predicted octanol–water partition coefficient (Wildman–Crippen LogP) is 2.82. The number of rotatable bonds is 11. The summed E-state index contributed by atoms with van der Waals surface area (Å²) < 4.78 is 36.9. The van der Waals surface area contributed by atoms with Crippen LogP contribution in [0.5, 0.6) is 11.5 Å². The van der Waals surface area contributed by atoms with Crippen molar-refractivity contribution in [1.82, 2.24) is 10.2 Å². The van der Waals surface area contributed by atoms with Crippen molar-refractivity contribution in [3.05, 3.63) is 53.6 Å². The molecule has 3 rings (SSSR count). The molecule has 1 heterocycles. The van der Waals surface area contributed by atoms with E-state index in [9.17, 15) is 18.0 Å². The number of aryl methyl sites for hydroxylation is 1. The maximum Gasteiger partial charge on any atom is 0.242 e. The van der Waals surface area contributed by atoms with Gasteiger partial charge >= 0.3 is 0 Å². The third kappa shape index (κ3) is 6.66. The van der Waals surface area contributed by atoms with Crippen LogP contribution in [0, 0.1) is 6.92 Å². The Labute approximate surface area is 207 Å². The molecule has 0 unspecified atom stereocenters. The van der Waals surface area contributed by atoms with Crippen molar-refractivity contribution in [3.63, 3.8) is 0 Å². The first-order valence-corrected chi connectivity index (χ1v) is 13.4. The van der Waals surface area contributed by atoms with Gasteiger partial charge in [0, 0.05) is 32.6 Å². The summed E-state index contributed by atoms with van der Waals surface area (Å²) in [4.78, 5) is 27.4. The van der Waals surface area contributed by atoms with Crippen molar-refractivity contribution < 1.29 is 27.5 Å². The summed E-state index contributed by atoms with van der Waals surface area (Å²) >= 11 is 0. The van der Waals surface area contributed by atoms with Gasteiger partial charge in [0.1, 0.15) is 6.04 Å². The molecule has 35 heavy (non-hydrogen) atoms. The van der Waals surface area contributed by atoms with Gasteiger partial charge in [-0.3, -0.25) is 13.9 Å². The Hall–Kier alpha value is -3.27. The average molecular weight is 504 g/mol. The Morgan fingerprint density at radius 3 is 2.40 bits per heavy atom. The minimum atomic E-state index is -3.60. The van der Waals surface area contributed by atoms with Crippen molar-refractivity contribution in [2.45, 2.75) is 45.7 Å². The molecule has 0 fully saturated rings. The Balaban J connectivity index is 1.74. The summed E-state index contributed by atoms with van der Waals surface area (Å²) in [5.74, 6) is 0.600. The van der Waals surface area contributed by atoms with Crippen molar-refractivity contribution >= 4 is 27.5 Å². The summed E-state index contributed by atoms with van der Waals surface area (Å²) in [7, 11) is -2.05. The summed E-state index contributed by atoms with van der Waals surface area (Å²) in [6, 6.07) is 12.1. The van der Waals surface area contributed by atoms with E-state index in [4.69, 9.17) is 9.47 Å². The molecule has 1 atom stereocenters. The fourth-order valence-corrected chi connectivity index (χ4v) is 4.98. The molecule has 9 nitrogen and oxygen atoms in total. The molecular formula is C25H33N3O6S. The number of hydrogen-bond acceptors (Lipinski definition) is 6. The summed E-state index contributed by atoms with van der Waals surface area (Å²) in [6.07, 6.45) is 1.97. The zero-order valence-electron chi connectivity index (χ0n) is 20.6. The quantitative estimate of drug-likeness (QED) is 0.506. The number of hydrogen-bond donors (Lipinski definition) is 1. The lowest BCUT2D eigenvalue weighted by Gasteiger charge is -2.31. The molecule has 10 heteroatoms. The molecule has 2 aromatic carbocycles. The molecule has 1 aliphatic rings. The molecule has 0 saturated carbocycles. The van der Waals surface area contributed by atoms with Gasteiger partial charge in [0.05, 0.1) is 11.9 Å². The lowest BCUT2D eigenvalue weighted by molar-refractivity contribution is -0.141. The maximum atomic E-state index is 13.3. The third-order valence-corrected chi connectivity index (χ3v) is 7.10. The number of nitrogens with zero attached hydrogens (tertiary/aromatic N) is 2. The molecular weight excluding hydrogens is 470 g/mol. The largest absolute Gasteiger partial charge is 0.454 e. The van der Waals surface area contributed by atoms with E-state index in [1.165, 1.54) is 4.31 Å².